The summed E-state index contributed by atoms with van der Waals surface area (Å²) in [6, 6.07) is 9.47. The van der Waals surface area contributed by atoms with Crippen molar-refractivity contribution in [2.75, 3.05) is 6.61 Å². The number of nitriles is 1. The van der Waals surface area contributed by atoms with Crippen molar-refractivity contribution < 1.29 is 4.74 Å². The fourth-order valence-corrected chi connectivity index (χ4v) is 1.90. The van der Waals surface area contributed by atoms with Crippen molar-refractivity contribution in [2.24, 2.45) is 0 Å². The lowest BCUT2D eigenvalue weighted by Gasteiger charge is -2.06. The molecule has 0 heterocycles. The minimum Gasteiger partial charge on any atom is -0.494 e. The molecule has 0 saturated carbocycles. The Balaban J connectivity index is 2.05. The summed E-state index contributed by atoms with van der Waals surface area (Å²) in [5, 5.41) is 8.77. The summed E-state index contributed by atoms with van der Waals surface area (Å²) in [6.07, 6.45) is 9.02. The summed E-state index contributed by atoms with van der Waals surface area (Å²) in [6.45, 7) is 2.99. The fraction of sp³-hybridized carbons (Fsp3) is 0.562. The van der Waals surface area contributed by atoms with E-state index in [2.05, 4.69) is 13.0 Å². The Kier molecular flexibility index (Phi) is 7.72. The predicted octanol–water partition coefficient (Wildman–Crippen LogP) is 4.69. The second-order valence-corrected chi connectivity index (χ2v) is 4.61. The Morgan fingerprint density at radius 1 is 1.06 bits per heavy atom. The Morgan fingerprint density at radius 2 is 1.78 bits per heavy atom. The SMILES string of the molecule is CCCCCCCCCOc1cccc(C#N)c1. The molecule has 0 fully saturated rings. The van der Waals surface area contributed by atoms with Crippen molar-refractivity contribution in [3.05, 3.63) is 29.8 Å². The highest BCUT2D eigenvalue weighted by Gasteiger charge is 1.96. The largest absolute Gasteiger partial charge is 0.494 e. The van der Waals surface area contributed by atoms with Gasteiger partial charge in [0.05, 0.1) is 18.2 Å². The Morgan fingerprint density at radius 3 is 2.50 bits per heavy atom. The van der Waals surface area contributed by atoms with Crippen LogP contribution in [0.5, 0.6) is 5.75 Å². The number of unbranched alkanes of at least 4 members (excludes halogenated alkanes) is 6. The molecule has 0 aliphatic heterocycles. The molecule has 0 aliphatic carbocycles. The zero-order chi connectivity index (χ0) is 13.1. The first-order valence-corrected chi connectivity index (χ1v) is 6.99. The molecule has 0 amide bonds. The molecule has 0 aromatic heterocycles. The van der Waals surface area contributed by atoms with E-state index in [1.165, 1.54) is 38.5 Å². The molecule has 98 valence electrons. The van der Waals surface area contributed by atoms with Gasteiger partial charge in [0.15, 0.2) is 0 Å². The second kappa shape index (κ2) is 9.53. The van der Waals surface area contributed by atoms with Crippen LogP contribution in [-0.2, 0) is 0 Å². The third-order valence-electron chi connectivity index (χ3n) is 2.98. The van der Waals surface area contributed by atoms with Gasteiger partial charge in [0.1, 0.15) is 5.75 Å². The average molecular weight is 245 g/mol. The molecule has 0 unspecified atom stereocenters. The molecule has 0 N–H and O–H groups in total. The molecule has 1 rings (SSSR count). The molecule has 0 aliphatic rings. The molecule has 0 radical (unpaired) electrons. The zero-order valence-corrected chi connectivity index (χ0v) is 11.3. The zero-order valence-electron chi connectivity index (χ0n) is 11.3. The van der Waals surface area contributed by atoms with Crippen molar-refractivity contribution in [3.63, 3.8) is 0 Å². The van der Waals surface area contributed by atoms with Crippen molar-refractivity contribution in [2.45, 2.75) is 51.9 Å². The van der Waals surface area contributed by atoms with Gasteiger partial charge >= 0.3 is 0 Å². The minimum absolute atomic E-state index is 0.659. The smallest absolute Gasteiger partial charge is 0.120 e. The molecule has 18 heavy (non-hydrogen) atoms. The predicted molar refractivity (Wildman–Crippen MR) is 74.6 cm³/mol. The second-order valence-electron chi connectivity index (χ2n) is 4.61. The standard InChI is InChI=1S/C16H23NO/c1-2-3-4-5-6-7-8-12-18-16-11-9-10-15(13-16)14-17/h9-11,13H,2-8,12H2,1H3. The highest BCUT2D eigenvalue weighted by atomic mass is 16.5. The van der Waals surface area contributed by atoms with E-state index in [4.69, 9.17) is 10.00 Å². The van der Waals surface area contributed by atoms with Crippen LogP contribution >= 0.6 is 0 Å². The van der Waals surface area contributed by atoms with Crippen LogP contribution in [0.15, 0.2) is 24.3 Å². The lowest BCUT2D eigenvalue weighted by molar-refractivity contribution is 0.304. The van der Waals surface area contributed by atoms with Gasteiger partial charge in [0, 0.05) is 0 Å². The summed E-state index contributed by atoms with van der Waals surface area (Å²) in [5.74, 6) is 0.806. The van der Waals surface area contributed by atoms with Crippen molar-refractivity contribution in [1.29, 1.82) is 5.26 Å². The monoisotopic (exact) mass is 245 g/mol. The van der Waals surface area contributed by atoms with E-state index in [0.29, 0.717) is 5.56 Å². The molecular formula is C16H23NO. The molecular weight excluding hydrogens is 222 g/mol. The average Bonchev–Trinajstić information content (AvgIpc) is 2.42. The molecule has 1 aromatic rings. The number of hydrogen-bond acceptors (Lipinski definition) is 2. The first-order valence-electron chi connectivity index (χ1n) is 6.99. The molecule has 0 bridgehead atoms. The van der Waals surface area contributed by atoms with E-state index in [1.807, 2.05) is 12.1 Å². The van der Waals surface area contributed by atoms with E-state index in [1.54, 1.807) is 12.1 Å². The number of ether oxygens (including phenoxy) is 1. The summed E-state index contributed by atoms with van der Waals surface area (Å²) in [7, 11) is 0. The van der Waals surface area contributed by atoms with Gasteiger partial charge in [0.2, 0.25) is 0 Å². The van der Waals surface area contributed by atoms with Gasteiger partial charge in [-0.05, 0) is 24.6 Å². The number of rotatable bonds is 9. The highest BCUT2D eigenvalue weighted by molar-refractivity contribution is 5.36. The molecule has 2 nitrogen and oxygen atoms in total. The van der Waals surface area contributed by atoms with E-state index in [0.717, 1.165) is 18.8 Å². The number of nitrogens with zero attached hydrogens (tertiary/aromatic N) is 1. The first kappa shape index (κ1) is 14.6. The van der Waals surface area contributed by atoms with Crippen molar-refractivity contribution in [3.8, 4) is 11.8 Å². The van der Waals surface area contributed by atoms with Gasteiger partial charge in [-0.3, -0.25) is 0 Å². The Bertz CT molecular complexity index is 368. The Labute approximate surface area is 111 Å². The van der Waals surface area contributed by atoms with E-state index in [9.17, 15) is 0 Å². The van der Waals surface area contributed by atoms with E-state index < -0.39 is 0 Å². The normalized spacial score (nSPS) is 10.0. The maximum atomic E-state index is 8.77. The van der Waals surface area contributed by atoms with Crippen molar-refractivity contribution >= 4 is 0 Å². The van der Waals surface area contributed by atoms with E-state index >= 15 is 0 Å². The third kappa shape index (κ3) is 6.30. The van der Waals surface area contributed by atoms with Crippen LogP contribution in [0.2, 0.25) is 0 Å². The minimum atomic E-state index is 0.659. The molecule has 2 heteroatoms. The lowest BCUT2D eigenvalue weighted by atomic mass is 10.1. The van der Waals surface area contributed by atoms with Gasteiger partial charge in [-0.25, -0.2) is 0 Å². The third-order valence-corrected chi connectivity index (χ3v) is 2.98. The van der Waals surface area contributed by atoms with Crippen LogP contribution in [0, 0.1) is 11.3 Å². The molecule has 0 spiro atoms. The van der Waals surface area contributed by atoms with Gasteiger partial charge < -0.3 is 4.74 Å². The summed E-state index contributed by atoms with van der Waals surface area (Å²) < 4.78 is 5.63. The van der Waals surface area contributed by atoms with Crippen molar-refractivity contribution in [1.82, 2.24) is 0 Å². The van der Waals surface area contributed by atoms with Crippen LogP contribution in [0.1, 0.15) is 57.4 Å². The van der Waals surface area contributed by atoms with Gasteiger partial charge in [0.25, 0.3) is 0 Å². The van der Waals surface area contributed by atoms with Crippen LogP contribution in [0.25, 0.3) is 0 Å². The summed E-state index contributed by atoms with van der Waals surface area (Å²) in [4.78, 5) is 0. The number of hydrogen-bond donors (Lipinski definition) is 0. The molecule has 0 saturated heterocycles. The topological polar surface area (TPSA) is 33.0 Å². The summed E-state index contributed by atoms with van der Waals surface area (Å²) in [5.41, 5.74) is 0.659. The Hall–Kier alpha value is -1.49. The lowest BCUT2D eigenvalue weighted by Crippen LogP contribution is -1.97. The quantitative estimate of drug-likeness (QED) is 0.591. The van der Waals surface area contributed by atoms with Gasteiger partial charge in [-0.1, -0.05) is 51.5 Å². The summed E-state index contributed by atoms with van der Waals surface area (Å²) >= 11 is 0. The van der Waals surface area contributed by atoms with Crippen LogP contribution in [-0.4, -0.2) is 6.61 Å². The molecule has 0 atom stereocenters. The van der Waals surface area contributed by atoms with Crippen LogP contribution in [0.4, 0.5) is 0 Å². The van der Waals surface area contributed by atoms with E-state index in [-0.39, 0.29) is 0 Å². The van der Waals surface area contributed by atoms with Crippen LogP contribution in [0.3, 0.4) is 0 Å². The number of benzene rings is 1. The maximum Gasteiger partial charge on any atom is 0.120 e. The van der Waals surface area contributed by atoms with Crippen LogP contribution < -0.4 is 4.74 Å². The first-order chi connectivity index (χ1) is 8.86. The maximum absolute atomic E-state index is 8.77. The highest BCUT2D eigenvalue weighted by Crippen LogP contribution is 2.13. The molecule has 1 aromatic carbocycles. The van der Waals surface area contributed by atoms with Gasteiger partial charge in [-0.2, -0.15) is 5.26 Å². The van der Waals surface area contributed by atoms with Gasteiger partial charge in [-0.15, -0.1) is 0 Å². The fourth-order valence-electron chi connectivity index (χ4n) is 1.90.